The fourth-order valence-electron chi connectivity index (χ4n) is 3.74. The predicted octanol–water partition coefficient (Wildman–Crippen LogP) is 4.64. The highest BCUT2D eigenvalue weighted by atomic mass is 35.5. The molecule has 0 aromatic heterocycles. The van der Waals surface area contributed by atoms with Gasteiger partial charge in [0.15, 0.2) is 17.2 Å². The minimum Gasteiger partial charge on any atom is -0.497 e. The number of halogens is 1. The van der Waals surface area contributed by atoms with Crippen LogP contribution in [0.3, 0.4) is 0 Å². The van der Waals surface area contributed by atoms with Crippen LogP contribution in [0.25, 0.3) is 0 Å². The van der Waals surface area contributed by atoms with Crippen LogP contribution in [0, 0.1) is 0 Å². The van der Waals surface area contributed by atoms with Crippen LogP contribution in [0.15, 0.2) is 65.8 Å². The Morgan fingerprint density at radius 3 is 1.97 bits per heavy atom. The molecule has 3 aromatic carbocycles. The summed E-state index contributed by atoms with van der Waals surface area (Å²) < 4.78 is 27.9. The van der Waals surface area contributed by atoms with Crippen LogP contribution in [0.1, 0.15) is 16.7 Å². The maximum Gasteiger partial charge on any atom is 0.357 e. The second-order valence-electron chi connectivity index (χ2n) is 8.35. The highest BCUT2D eigenvalue weighted by Gasteiger charge is 2.24. The normalized spacial score (nSPS) is 13.7. The van der Waals surface area contributed by atoms with E-state index in [0.717, 1.165) is 22.6 Å². The third-order valence-corrected chi connectivity index (χ3v) is 6.22. The van der Waals surface area contributed by atoms with Crippen LogP contribution in [-0.4, -0.2) is 62.3 Å². The molecule has 1 fully saturated rings. The molecular formula is C28H29ClN2O7. The Bertz CT molecular complexity index is 1260. The van der Waals surface area contributed by atoms with E-state index in [0.29, 0.717) is 32.1 Å². The number of carboxylic acids is 1. The fraction of sp³-hybridized carbons (Fsp3) is 0.286. The van der Waals surface area contributed by atoms with Crippen molar-refractivity contribution in [3.05, 3.63) is 82.4 Å². The minimum atomic E-state index is -1.20. The highest BCUT2D eigenvalue weighted by molar-refractivity contribution is 6.47. The van der Waals surface area contributed by atoms with E-state index in [4.69, 9.17) is 35.3 Å². The Kier molecular flexibility index (Phi) is 9.29. The summed E-state index contributed by atoms with van der Waals surface area (Å²) in [4.78, 5) is 12.2. The molecule has 0 radical (unpaired) electrons. The molecule has 0 spiro atoms. The van der Waals surface area contributed by atoms with Gasteiger partial charge in [-0.15, -0.1) is 0 Å². The van der Waals surface area contributed by atoms with Gasteiger partial charge in [0, 0.05) is 5.56 Å². The zero-order valence-corrected chi connectivity index (χ0v) is 21.9. The van der Waals surface area contributed by atoms with Crippen molar-refractivity contribution in [1.29, 1.82) is 0 Å². The van der Waals surface area contributed by atoms with Gasteiger partial charge in [-0.3, -0.25) is 5.01 Å². The summed E-state index contributed by atoms with van der Waals surface area (Å²) in [5.41, 5.74) is 1.82. The Labute approximate surface area is 226 Å². The molecule has 3 aromatic rings. The first-order chi connectivity index (χ1) is 18.5. The number of ether oxygens (including phenoxy) is 5. The van der Waals surface area contributed by atoms with Crippen molar-refractivity contribution < 1.29 is 33.6 Å². The van der Waals surface area contributed by atoms with Gasteiger partial charge in [0.25, 0.3) is 0 Å². The number of methoxy groups -OCH3 is 2. The van der Waals surface area contributed by atoms with Crippen molar-refractivity contribution >= 4 is 23.3 Å². The molecule has 1 saturated heterocycles. The van der Waals surface area contributed by atoms with Gasteiger partial charge in [-0.05, 0) is 47.5 Å². The first kappa shape index (κ1) is 27.1. The van der Waals surface area contributed by atoms with Crippen molar-refractivity contribution in [3.8, 4) is 23.0 Å². The number of hydrazone groups is 1. The summed E-state index contributed by atoms with van der Waals surface area (Å²) in [6.07, 6.45) is 0. The zero-order chi connectivity index (χ0) is 26.9. The number of hydrogen-bond acceptors (Lipinski definition) is 8. The van der Waals surface area contributed by atoms with Crippen LogP contribution < -0.4 is 18.9 Å². The van der Waals surface area contributed by atoms with Crippen LogP contribution >= 0.6 is 11.6 Å². The fourth-order valence-corrected chi connectivity index (χ4v) is 4.04. The quantitative estimate of drug-likeness (QED) is 0.351. The molecule has 1 heterocycles. The molecule has 200 valence electrons. The average molecular weight is 541 g/mol. The number of benzene rings is 3. The van der Waals surface area contributed by atoms with E-state index in [1.165, 1.54) is 0 Å². The van der Waals surface area contributed by atoms with E-state index in [9.17, 15) is 9.90 Å². The van der Waals surface area contributed by atoms with E-state index in [1.54, 1.807) is 31.4 Å². The maximum absolute atomic E-state index is 12.2. The van der Waals surface area contributed by atoms with Gasteiger partial charge in [-0.2, -0.15) is 5.10 Å². The molecule has 0 bridgehead atoms. The lowest BCUT2D eigenvalue weighted by Gasteiger charge is -2.24. The van der Waals surface area contributed by atoms with Crippen molar-refractivity contribution in [2.45, 2.75) is 13.2 Å². The van der Waals surface area contributed by atoms with Crippen LogP contribution in [0.5, 0.6) is 23.0 Å². The van der Waals surface area contributed by atoms with Crippen molar-refractivity contribution in [2.24, 2.45) is 5.10 Å². The Morgan fingerprint density at radius 2 is 1.45 bits per heavy atom. The summed E-state index contributed by atoms with van der Waals surface area (Å²) >= 11 is 6.78. The lowest BCUT2D eigenvalue weighted by Crippen LogP contribution is -2.34. The first-order valence-corrected chi connectivity index (χ1v) is 12.3. The summed E-state index contributed by atoms with van der Waals surface area (Å²) in [5, 5.41) is 16.1. The third-order valence-electron chi connectivity index (χ3n) is 5.84. The largest absolute Gasteiger partial charge is 0.497 e. The van der Waals surface area contributed by atoms with Crippen molar-refractivity contribution in [1.82, 2.24) is 5.01 Å². The van der Waals surface area contributed by atoms with Gasteiger partial charge in [0.05, 0.1) is 45.5 Å². The van der Waals surface area contributed by atoms with E-state index in [2.05, 4.69) is 5.10 Å². The molecule has 0 unspecified atom stereocenters. The zero-order valence-electron chi connectivity index (χ0n) is 21.2. The molecule has 9 nitrogen and oxygen atoms in total. The summed E-state index contributed by atoms with van der Waals surface area (Å²) in [7, 11) is 3.21. The monoisotopic (exact) mass is 540 g/mol. The molecule has 10 heteroatoms. The van der Waals surface area contributed by atoms with Crippen molar-refractivity contribution in [2.75, 3.05) is 40.5 Å². The topological polar surface area (TPSA) is 99.1 Å². The lowest BCUT2D eigenvalue weighted by atomic mass is 10.1. The molecule has 4 rings (SSSR count). The van der Waals surface area contributed by atoms with E-state index in [1.807, 2.05) is 48.5 Å². The van der Waals surface area contributed by atoms with Crippen molar-refractivity contribution in [3.63, 3.8) is 0 Å². The molecule has 0 aliphatic carbocycles. The Morgan fingerprint density at radius 1 is 0.895 bits per heavy atom. The second-order valence-corrected chi connectivity index (χ2v) is 8.73. The number of carbonyl (C=O) groups is 1. The standard InChI is InChI=1S/C28H29ClN2O7/c1-34-21-7-3-19(4-8-21)17-37-24-12-11-23(26(28(32)33)30-31-13-15-36-16-14-31)25(29)27(24)38-18-20-5-9-22(35-2)10-6-20/h3-12H,13-18H2,1-2H3,(H,32,33)/b30-26-. The van der Waals surface area contributed by atoms with Gasteiger partial charge >= 0.3 is 5.97 Å². The average Bonchev–Trinajstić information content (AvgIpc) is 2.95. The SMILES string of the molecule is COc1ccc(COc2ccc(/C(=N/N3CCOCC3)C(=O)O)c(Cl)c2OCc2ccc(OC)cc2)cc1. The molecule has 0 atom stereocenters. The number of carboxylic acid groups (broad SMARTS) is 1. The maximum atomic E-state index is 12.2. The smallest absolute Gasteiger partial charge is 0.357 e. The lowest BCUT2D eigenvalue weighted by molar-refractivity contribution is -0.129. The Hall–Kier alpha value is -3.95. The number of morpholine rings is 1. The van der Waals surface area contributed by atoms with Gasteiger partial charge < -0.3 is 28.8 Å². The second kappa shape index (κ2) is 13.0. The summed E-state index contributed by atoms with van der Waals surface area (Å²) in [6, 6.07) is 18.1. The van der Waals surface area contributed by atoms with Gasteiger partial charge in [0.1, 0.15) is 24.7 Å². The van der Waals surface area contributed by atoms with Crippen LogP contribution in [0.2, 0.25) is 5.02 Å². The molecule has 1 aliphatic heterocycles. The van der Waals surface area contributed by atoms with Gasteiger partial charge in [-0.1, -0.05) is 35.9 Å². The first-order valence-electron chi connectivity index (χ1n) is 12.0. The highest BCUT2D eigenvalue weighted by Crippen LogP contribution is 2.39. The van der Waals surface area contributed by atoms with E-state index >= 15 is 0 Å². The third kappa shape index (κ3) is 6.87. The minimum absolute atomic E-state index is 0.0974. The molecule has 1 N–H and O–H groups in total. The molecule has 38 heavy (non-hydrogen) atoms. The number of hydrogen-bond donors (Lipinski definition) is 1. The number of rotatable bonds is 11. The molecule has 1 aliphatic rings. The molecule has 0 saturated carbocycles. The van der Waals surface area contributed by atoms with Crippen LogP contribution in [-0.2, 0) is 22.7 Å². The van der Waals surface area contributed by atoms with Gasteiger partial charge in [0.2, 0.25) is 0 Å². The van der Waals surface area contributed by atoms with Gasteiger partial charge in [-0.25, -0.2) is 4.79 Å². The van der Waals surface area contributed by atoms with E-state index < -0.39 is 5.97 Å². The molecular weight excluding hydrogens is 512 g/mol. The Balaban J connectivity index is 1.64. The molecule has 0 amide bonds. The summed E-state index contributed by atoms with van der Waals surface area (Å²) in [6.45, 7) is 2.33. The van der Waals surface area contributed by atoms with Crippen LogP contribution in [0.4, 0.5) is 0 Å². The number of aliphatic carboxylic acids is 1. The number of nitrogens with zero attached hydrogens (tertiary/aromatic N) is 2. The van der Waals surface area contributed by atoms with E-state index in [-0.39, 0.29) is 35.3 Å². The predicted molar refractivity (Wildman–Crippen MR) is 143 cm³/mol. The summed E-state index contributed by atoms with van der Waals surface area (Å²) in [5.74, 6) is 0.864.